The molecule has 1 aliphatic heterocycles. The minimum absolute atomic E-state index is 0.0847. The largest absolute Gasteiger partial charge is 0.366 e. The minimum atomic E-state index is -0.501. The number of anilines is 2. The van der Waals surface area contributed by atoms with Crippen LogP contribution in [0.25, 0.3) is 0 Å². The smallest absolute Gasteiger partial charge is 0.293 e. The topological polar surface area (TPSA) is 105 Å². The van der Waals surface area contributed by atoms with Crippen LogP contribution in [0, 0.1) is 10.1 Å². The van der Waals surface area contributed by atoms with Crippen molar-refractivity contribution in [1.82, 2.24) is 5.32 Å². The molecule has 8 heteroatoms. The summed E-state index contributed by atoms with van der Waals surface area (Å²) in [5.74, 6) is -0.779. The highest BCUT2D eigenvalue weighted by Crippen LogP contribution is 2.31. The summed E-state index contributed by atoms with van der Waals surface area (Å²) in [4.78, 5) is 38.3. The van der Waals surface area contributed by atoms with E-state index in [0.717, 1.165) is 38.8 Å². The van der Waals surface area contributed by atoms with E-state index in [1.165, 1.54) is 6.07 Å². The lowest BCUT2D eigenvalue weighted by atomic mass is 10.1. The Labute approximate surface area is 175 Å². The monoisotopic (exact) mass is 410 g/mol. The molecule has 0 radical (unpaired) electrons. The fourth-order valence-electron chi connectivity index (χ4n) is 3.53. The molecular weight excluding hydrogens is 384 g/mol. The molecule has 0 unspecified atom stereocenters. The van der Waals surface area contributed by atoms with Gasteiger partial charge < -0.3 is 15.5 Å². The number of benzene rings is 2. The molecule has 0 atom stereocenters. The number of nitrogens with one attached hydrogen (secondary N) is 2. The lowest BCUT2D eigenvalue weighted by molar-refractivity contribution is -0.384. The van der Waals surface area contributed by atoms with Crippen molar-refractivity contribution in [2.24, 2.45) is 0 Å². The van der Waals surface area contributed by atoms with Crippen molar-refractivity contribution in [3.05, 3.63) is 63.7 Å². The predicted octanol–water partition coefficient (Wildman–Crippen LogP) is 3.98. The predicted molar refractivity (Wildman–Crippen MR) is 116 cm³/mol. The fraction of sp³-hybridized carbons (Fsp3) is 0.364. The van der Waals surface area contributed by atoms with Crippen LogP contribution in [0.15, 0.2) is 42.5 Å². The van der Waals surface area contributed by atoms with Crippen LogP contribution >= 0.6 is 0 Å². The highest BCUT2D eigenvalue weighted by molar-refractivity contribution is 6.09. The summed E-state index contributed by atoms with van der Waals surface area (Å²) in [6, 6.07) is 11.2. The number of rotatable bonds is 7. The van der Waals surface area contributed by atoms with E-state index in [1.54, 1.807) is 36.4 Å². The molecule has 1 saturated heterocycles. The maximum Gasteiger partial charge on any atom is 0.293 e. The van der Waals surface area contributed by atoms with E-state index in [1.807, 2.05) is 11.8 Å². The van der Waals surface area contributed by atoms with Crippen LogP contribution in [0.4, 0.5) is 17.1 Å². The van der Waals surface area contributed by atoms with Gasteiger partial charge in [-0.25, -0.2) is 0 Å². The van der Waals surface area contributed by atoms with Crippen molar-refractivity contribution in [3.63, 3.8) is 0 Å². The number of nitrogens with zero attached hydrogens (tertiary/aromatic N) is 2. The number of carbonyl (C=O) groups is 2. The molecule has 3 rings (SSSR count). The van der Waals surface area contributed by atoms with Gasteiger partial charge in [-0.2, -0.15) is 0 Å². The van der Waals surface area contributed by atoms with Gasteiger partial charge in [-0.3, -0.25) is 19.7 Å². The van der Waals surface area contributed by atoms with Crippen molar-refractivity contribution < 1.29 is 14.5 Å². The molecule has 0 spiro atoms. The number of carbonyl (C=O) groups excluding carboxylic acids is 2. The Morgan fingerprint density at radius 1 is 1.07 bits per heavy atom. The van der Waals surface area contributed by atoms with Crippen molar-refractivity contribution in [3.8, 4) is 0 Å². The lowest BCUT2D eigenvalue weighted by Gasteiger charge is -2.28. The van der Waals surface area contributed by atoms with Crippen molar-refractivity contribution >= 4 is 28.9 Å². The Morgan fingerprint density at radius 3 is 2.50 bits per heavy atom. The van der Waals surface area contributed by atoms with Gasteiger partial charge in [0.2, 0.25) is 0 Å². The molecule has 0 saturated carbocycles. The zero-order chi connectivity index (χ0) is 21.5. The summed E-state index contributed by atoms with van der Waals surface area (Å²) in [6.07, 6.45) is 3.91. The molecule has 2 aromatic carbocycles. The maximum atomic E-state index is 12.8. The first-order chi connectivity index (χ1) is 14.5. The quantitative estimate of drug-likeness (QED) is 0.531. The first-order valence-corrected chi connectivity index (χ1v) is 10.2. The van der Waals surface area contributed by atoms with Gasteiger partial charge >= 0.3 is 0 Å². The molecule has 0 aromatic heterocycles. The van der Waals surface area contributed by atoms with Gasteiger partial charge in [0.25, 0.3) is 17.5 Å². The molecule has 1 heterocycles. The first-order valence-electron chi connectivity index (χ1n) is 10.2. The van der Waals surface area contributed by atoms with Gasteiger partial charge in [-0.1, -0.05) is 19.1 Å². The Kier molecular flexibility index (Phi) is 7.00. The van der Waals surface area contributed by atoms with Crippen LogP contribution in [-0.4, -0.2) is 36.4 Å². The number of hydrogen-bond acceptors (Lipinski definition) is 5. The molecule has 2 aromatic rings. The van der Waals surface area contributed by atoms with Crippen molar-refractivity contribution in [2.45, 2.75) is 32.6 Å². The third-order valence-corrected chi connectivity index (χ3v) is 5.09. The molecule has 1 aliphatic rings. The van der Waals surface area contributed by atoms with Crippen LogP contribution in [0.2, 0.25) is 0 Å². The molecule has 158 valence electrons. The summed E-state index contributed by atoms with van der Waals surface area (Å²) >= 11 is 0. The average Bonchev–Trinajstić information content (AvgIpc) is 2.78. The number of nitro benzene ring substituents is 1. The molecule has 8 nitrogen and oxygen atoms in total. The number of piperidine rings is 1. The summed E-state index contributed by atoms with van der Waals surface area (Å²) in [5, 5.41) is 17.1. The van der Waals surface area contributed by atoms with Crippen LogP contribution in [0.3, 0.4) is 0 Å². The van der Waals surface area contributed by atoms with Gasteiger partial charge in [-0.15, -0.1) is 0 Å². The third-order valence-electron chi connectivity index (χ3n) is 5.09. The van der Waals surface area contributed by atoms with E-state index in [9.17, 15) is 19.7 Å². The van der Waals surface area contributed by atoms with Crippen molar-refractivity contribution in [2.75, 3.05) is 29.9 Å². The van der Waals surface area contributed by atoms with Gasteiger partial charge in [0, 0.05) is 31.3 Å². The molecule has 0 aliphatic carbocycles. The van der Waals surface area contributed by atoms with E-state index >= 15 is 0 Å². The van der Waals surface area contributed by atoms with E-state index in [0.29, 0.717) is 23.5 Å². The second-order valence-electron chi connectivity index (χ2n) is 7.26. The van der Waals surface area contributed by atoms with Crippen LogP contribution < -0.4 is 15.5 Å². The second kappa shape index (κ2) is 9.87. The number of para-hydroxylation sites is 1. The lowest BCUT2D eigenvalue weighted by Crippen LogP contribution is -2.30. The molecule has 30 heavy (non-hydrogen) atoms. The first kappa shape index (κ1) is 21.3. The Bertz CT molecular complexity index is 938. The van der Waals surface area contributed by atoms with E-state index < -0.39 is 10.8 Å². The Morgan fingerprint density at radius 2 is 1.80 bits per heavy atom. The zero-order valence-corrected chi connectivity index (χ0v) is 17.0. The van der Waals surface area contributed by atoms with Gasteiger partial charge in [0.15, 0.2) is 0 Å². The van der Waals surface area contributed by atoms with E-state index in [-0.39, 0.29) is 17.2 Å². The zero-order valence-electron chi connectivity index (χ0n) is 17.0. The highest BCUT2D eigenvalue weighted by Gasteiger charge is 2.23. The molecule has 1 fully saturated rings. The van der Waals surface area contributed by atoms with Gasteiger partial charge in [-0.05, 0) is 49.9 Å². The van der Waals surface area contributed by atoms with E-state index in [4.69, 9.17) is 0 Å². The van der Waals surface area contributed by atoms with E-state index in [2.05, 4.69) is 10.6 Å². The standard InChI is InChI=1S/C22H26N4O4/c1-2-12-23-22(28)17-8-4-5-9-18(17)24-21(27)16-10-11-19(20(15-16)26(29)30)25-13-6-3-7-14-25/h4-5,8-11,15H,2-3,6-7,12-14H2,1H3,(H,23,28)(H,24,27). The van der Waals surface area contributed by atoms with Crippen LogP contribution in [-0.2, 0) is 0 Å². The SMILES string of the molecule is CCCNC(=O)c1ccccc1NC(=O)c1ccc(N2CCCCC2)c([N+](=O)[O-])c1. The summed E-state index contributed by atoms with van der Waals surface area (Å²) < 4.78 is 0. The summed E-state index contributed by atoms with van der Waals surface area (Å²) in [5.41, 5.74) is 1.33. The highest BCUT2D eigenvalue weighted by atomic mass is 16.6. The third kappa shape index (κ3) is 4.94. The maximum absolute atomic E-state index is 12.8. The van der Waals surface area contributed by atoms with Gasteiger partial charge in [0.05, 0.1) is 16.2 Å². The molecule has 2 amide bonds. The Hall–Kier alpha value is -3.42. The summed E-state index contributed by atoms with van der Waals surface area (Å²) in [7, 11) is 0. The minimum Gasteiger partial charge on any atom is -0.366 e. The molecular formula is C22H26N4O4. The van der Waals surface area contributed by atoms with Gasteiger partial charge in [0.1, 0.15) is 5.69 Å². The average molecular weight is 410 g/mol. The number of amides is 2. The molecule has 2 N–H and O–H groups in total. The fourth-order valence-corrected chi connectivity index (χ4v) is 3.53. The normalized spacial score (nSPS) is 13.6. The van der Waals surface area contributed by atoms with Crippen LogP contribution in [0.1, 0.15) is 53.3 Å². The number of hydrogen-bond donors (Lipinski definition) is 2. The Balaban J connectivity index is 1.83. The summed E-state index contributed by atoms with van der Waals surface area (Å²) in [6.45, 7) is 4.03. The second-order valence-corrected chi connectivity index (χ2v) is 7.26. The number of nitro groups is 1. The van der Waals surface area contributed by atoms with Crippen molar-refractivity contribution in [1.29, 1.82) is 0 Å². The molecule has 0 bridgehead atoms. The van der Waals surface area contributed by atoms with Crippen LogP contribution in [0.5, 0.6) is 0 Å².